The van der Waals surface area contributed by atoms with Crippen molar-refractivity contribution in [2.75, 3.05) is 20.8 Å². The molecule has 0 spiro atoms. The number of ether oxygens (including phenoxy) is 5. The maximum absolute atomic E-state index is 11.0. The maximum atomic E-state index is 11.0. The number of aliphatic hydroxyl groups is 2. The van der Waals surface area contributed by atoms with Crippen LogP contribution in [0.2, 0.25) is 0 Å². The Balaban J connectivity index is 1.41. The van der Waals surface area contributed by atoms with Crippen molar-refractivity contribution in [2.45, 2.75) is 48.0 Å². The SMILES string of the molecule is COc1ccc(COC[C@H]2O[C@@H](Sc3ccccc3)[C@H](OCc3ccc(OC)cc3)[C@@H](O)[C@H]2O)cc1. The number of aliphatic hydroxyl groups excluding tert-OH is 2. The van der Waals surface area contributed by atoms with Gasteiger partial charge in [-0.3, -0.25) is 0 Å². The average molecular weight is 513 g/mol. The first-order valence-corrected chi connectivity index (χ1v) is 12.6. The lowest BCUT2D eigenvalue weighted by Crippen LogP contribution is -2.58. The highest BCUT2D eigenvalue weighted by molar-refractivity contribution is 7.99. The second kappa shape index (κ2) is 13.1. The normalized spacial score (nSPS) is 23.8. The van der Waals surface area contributed by atoms with Crippen LogP contribution in [-0.4, -0.2) is 60.9 Å². The Kier molecular flexibility index (Phi) is 9.63. The molecule has 0 amide bonds. The number of methoxy groups -OCH3 is 2. The molecule has 0 unspecified atom stereocenters. The molecule has 8 heteroatoms. The Morgan fingerprint density at radius 1 is 0.750 bits per heavy atom. The van der Waals surface area contributed by atoms with Crippen molar-refractivity contribution in [3.63, 3.8) is 0 Å². The molecule has 1 aliphatic rings. The molecule has 0 radical (unpaired) electrons. The van der Waals surface area contributed by atoms with Gasteiger partial charge in [-0.2, -0.15) is 0 Å². The highest BCUT2D eigenvalue weighted by Gasteiger charge is 2.45. The van der Waals surface area contributed by atoms with E-state index < -0.39 is 29.9 Å². The quantitative estimate of drug-likeness (QED) is 0.398. The standard InChI is InChI=1S/C28H32O7S/c1-31-21-12-8-19(9-13-21)16-33-18-24-25(29)26(30)27(28(35-24)36-23-6-4-3-5-7-23)34-17-20-10-14-22(32-2)15-11-20/h3-15,24-30H,16-18H2,1-2H3/t24-,25+,26+,27-,28+/m1/s1. The minimum atomic E-state index is -1.16. The molecule has 0 aromatic heterocycles. The minimum absolute atomic E-state index is 0.126. The topological polar surface area (TPSA) is 86.6 Å². The third-order valence-electron chi connectivity index (χ3n) is 5.95. The van der Waals surface area contributed by atoms with Crippen molar-refractivity contribution < 1.29 is 33.9 Å². The summed E-state index contributed by atoms with van der Waals surface area (Å²) in [6.07, 6.45) is -3.76. The first-order valence-electron chi connectivity index (χ1n) is 11.8. The average Bonchev–Trinajstić information content (AvgIpc) is 2.92. The number of hydrogen-bond donors (Lipinski definition) is 2. The van der Waals surface area contributed by atoms with Crippen LogP contribution in [0.5, 0.6) is 11.5 Å². The highest BCUT2D eigenvalue weighted by atomic mass is 32.2. The van der Waals surface area contributed by atoms with Gasteiger partial charge in [-0.05, 0) is 47.5 Å². The Bertz CT molecular complexity index is 1040. The van der Waals surface area contributed by atoms with Gasteiger partial charge in [0.1, 0.15) is 41.4 Å². The van der Waals surface area contributed by atoms with Gasteiger partial charge in [-0.15, -0.1) is 0 Å². The van der Waals surface area contributed by atoms with E-state index in [1.165, 1.54) is 11.8 Å². The predicted molar refractivity (Wildman–Crippen MR) is 137 cm³/mol. The third kappa shape index (κ3) is 7.00. The van der Waals surface area contributed by atoms with Crippen LogP contribution in [0, 0.1) is 0 Å². The van der Waals surface area contributed by atoms with Gasteiger partial charge in [0.2, 0.25) is 0 Å². The summed E-state index contributed by atoms with van der Waals surface area (Å²) in [6.45, 7) is 0.730. The highest BCUT2D eigenvalue weighted by Crippen LogP contribution is 2.35. The van der Waals surface area contributed by atoms with Gasteiger partial charge in [0.25, 0.3) is 0 Å². The fourth-order valence-electron chi connectivity index (χ4n) is 3.88. The first-order chi connectivity index (χ1) is 17.6. The summed E-state index contributed by atoms with van der Waals surface area (Å²) in [5.41, 5.74) is 1.35. The first kappa shape index (κ1) is 26.5. The second-order valence-electron chi connectivity index (χ2n) is 8.44. The number of thioether (sulfide) groups is 1. The van der Waals surface area contributed by atoms with Crippen LogP contribution in [0.15, 0.2) is 83.8 Å². The Morgan fingerprint density at radius 2 is 1.33 bits per heavy atom. The zero-order valence-corrected chi connectivity index (χ0v) is 21.2. The van der Waals surface area contributed by atoms with E-state index in [1.54, 1.807) is 14.2 Å². The van der Waals surface area contributed by atoms with Crippen LogP contribution in [0.1, 0.15) is 11.1 Å². The van der Waals surface area contributed by atoms with Crippen molar-refractivity contribution in [3.8, 4) is 11.5 Å². The smallest absolute Gasteiger partial charge is 0.137 e. The largest absolute Gasteiger partial charge is 0.497 e. The van der Waals surface area contributed by atoms with E-state index >= 15 is 0 Å². The molecule has 1 aliphatic heterocycles. The van der Waals surface area contributed by atoms with Crippen LogP contribution < -0.4 is 9.47 Å². The van der Waals surface area contributed by atoms with E-state index in [1.807, 2.05) is 78.9 Å². The number of rotatable bonds is 11. The summed E-state index contributed by atoms with van der Waals surface area (Å²) in [5.74, 6) is 1.53. The van der Waals surface area contributed by atoms with Crippen molar-refractivity contribution in [1.82, 2.24) is 0 Å². The van der Waals surface area contributed by atoms with Crippen molar-refractivity contribution in [1.29, 1.82) is 0 Å². The number of hydrogen-bond acceptors (Lipinski definition) is 8. The molecule has 7 nitrogen and oxygen atoms in total. The van der Waals surface area contributed by atoms with Gasteiger partial charge >= 0.3 is 0 Å². The van der Waals surface area contributed by atoms with Crippen LogP contribution in [0.25, 0.3) is 0 Å². The van der Waals surface area contributed by atoms with Crippen molar-refractivity contribution in [3.05, 3.63) is 90.0 Å². The number of benzene rings is 3. The summed E-state index contributed by atoms with van der Waals surface area (Å²) in [4.78, 5) is 0.974. The Hall–Kier alpha value is -2.59. The summed E-state index contributed by atoms with van der Waals surface area (Å²) < 4.78 is 28.6. The molecule has 3 aromatic rings. The molecule has 0 saturated carbocycles. The third-order valence-corrected chi connectivity index (χ3v) is 7.11. The van der Waals surface area contributed by atoms with E-state index in [0.717, 1.165) is 27.5 Å². The van der Waals surface area contributed by atoms with Crippen LogP contribution >= 0.6 is 11.8 Å². The van der Waals surface area contributed by atoms with Crippen molar-refractivity contribution in [2.24, 2.45) is 0 Å². The van der Waals surface area contributed by atoms with E-state index in [0.29, 0.717) is 6.61 Å². The molecule has 3 aromatic carbocycles. The van der Waals surface area contributed by atoms with Gasteiger partial charge in [-0.25, -0.2) is 0 Å². The lowest BCUT2D eigenvalue weighted by atomic mass is 10.00. The second-order valence-corrected chi connectivity index (χ2v) is 9.61. The molecule has 0 aliphatic carbocycles. The fourth-order valence-corrected chi connectivity index (χ4v) is 5.03. The van der Waals surface area contributed by atoms with E-state index in [2.05, 4.69) is 0 Å². The lowest BCUT2D eigenvalue weighted by molar-refractivity contribution is -0.225. The molecule has 192 valence electrons. The van der Waals surface area contributed by atoms with E-state index in [-0.39, 0.29) is 13.2 Å². The molecular weight excluding hydrogens is 480 g/mol. The van der Waals surface area contributed by atoms with Gasteiger partial charge in [0.15, 0.2) is 0 Å². The summed E-state index contributed by atoms with van der Waals surface area (Å²) in [7, 11) is 3.24. The summed E-state index contributed by atoms with van der Waals surface area (Å²) >= 11 is 1.45. The zero-order valence-electron chi connectivity index (χ0n) is 20.4. The molecule has 1 fully saturated rings. The molecule has 1 heterocycles. The van der Waals surface area contributed by atoms with Gasteiger partial charge in [0, 0.05) is 4.90 Å². The van der Waals surface area contributed by atoms with Crippen LogP contribution in [0.3, 0.4) is 0 Å². The summed E-state index contributed by atoms with van der Waals surface area (Å²) in [6, 6.07) is 24.9. The molecular formula is C28H32O7S. The lowest BCUT2D eigenvalue weighted by Gasteiger charge is -2.42. The molecule has 0 bridgehead atoms. The summed E-state index contributed by atoms with van der Waals surface area (Å²) in [5, 5.41) is 21.9. The molecule has 5 atom stereocenters. The van der Waals surface area contributed by atoms with E-state index in [9.17, 15) is 10.2 Å². The fraction of sp³-hybridized carbons (Fsp3) is 0.357. The van der Waals surface area contributed by atoms with Gasteiger partial charge in [-0.1, -0.05) is 54.2 Å². The Labute approximate surface area is 215 Å². The molecule has 36 heavy (non-hydrogen) atoms. The van der Waals surface area contributed by atoms with Gasteiger partial charge in [0.05, 0.1) is 34.0 Å². The monoisotopic (exact) mass is 512 g/mol. The minimum Gasteiger partial charge on any atom is -0.497 e. The maximum Gasteiger partial charge on any atom is 0.137 e. The predicted octanol–water partition coefficient (Wildman–Crippen LogP) is 4.04. The zero-order chi connectivity index (χ0) is 25.3. The van der Waals surface area contributed by atoms with E-state index in [4.69, 9.17) is 23.7 Å². The Morgan fingerprint density at radius 3 is 1.92 bits per heavy atom. The molecule has 4 rings (SSSR count). The van der Waals surface area contributed by atoms with Crippen LogP contribution in [0.4, 0.5) is 0 Å². The van der Waals surface area contributed by atoms with Gasteiger partial charge < -0.3 is 33.9 Å². The molecule has 1 saturated heterocycles. The van der Waals surface area contributed by atoms with Crippen molar-refractivity contribution >= 4 is 11.8 Å². The van der Waals surface area contributed by atoms with Crippen LogP contribution in [-0.2, 0) is 27.4 Å². The molecule has 2 N–H and O–H groups in total.